The molecule has 0 aliphatic heterocycles. The summed E-state index contributed by atoms with van der Waals surface area (Å²) >= 11 is 3.28. The van der Waals surface area contributed by atoms with E-state index in [0.717, 1.165) is 4.47 Å². The fourth-order valence-corrected chi connectivity index (χ4v) is 1.87. The third-order valence-electron chi connectivity index (χ3n) is 2.93. The lowest BCUT2D eigenvalue weighted by molar-refractivity contribution is -0.130. The van der Waals surface area contributed by atoms with E-state index in [1.807, 2.05) is 0 Å². The van der Waals surface area contributed by atoms with Gasteiger partial charge in [0.1, 0.15) is 11.6 Å². The van der Waals surface area contributed by atoms with Crippen LogP contribution in [-0.2, 0) is 4.79 Å². The number of carbonyl (C=O) groups excluding carboxylic acids is 2. The van der Waals surface area contributed by atoms with E-state index in [1.54, 1.807) is 56.7 Å². The molecule has 0 fully saturated rings. The Hall–Kier alpha value is -2.41. The highest BCUT2D eigenvalue weighted by atomic mass is 79.9. The van der Waals surface area contributed by atoms with Gasteiger partial charge in [0.05, 0.1) is 0 Å². The van der Waals surface area contributed by atoms with Crippen molar-refractivity contribution in [3.8, 4) is 5.75 Å². The molecule has 0 atom stereocenters. The van der Waals surface area contributed by atoms with E-state index < -0.39 is 0 Å². The Morgan fingerprint density at radius 1 is 1.26 bits per heavy atom. The molecule has 0 spiro atoms. The summed E-state index contributed by atoms with van der Waals surface area (Å²) in [6, 6.07) is 10.1. The van der Waals surface area contributed by atoms with Crippen LogP contribution in [-0.4, -0.2) is 42.4 Å². The zero-order valence-corrected chi connectivity index (χ0v) is 14.3. The summed E-state index contributed by atoms with van der Waals surface area (Å²) in [5.41, 5.74) is 0.421. The molecule has 0 saturated heterocycles. The van der Waals surface area contributed by atoms with Gasteiger partial charge in [-0.1, -0.05) is 6.07 Å². The van der Waals surface area contributed by atoms with Crippen molar-refractivity contribution in [2.45, 2.75) is 0 Å². The summed E-state index contributed by atoms with van der Waals surface area (Å²) in [6.07, 6.45) is 1.60. The van der Waals surface area contributed by atoms with Gasteiger partial charge >= 0.3 is 0 Å². The highest BCUT2D eigenvalue weighted by molar-refractivity contribution is 9.10. The van der Waals surface area contributed by atoms with Crippen LogP contribution in [0.2, 0.25) is 0 Å². The van der Waals surface area contributed by atoms with Crippen molar-refractivity contribution in [3.05, 3.63) is 52.6 Å². The molecule has 2 rings (SSSR count). The van der Waals surface area contributed by atoms with E-state index in [2.05, 4.69) is 26.2 Å². The number of likely N-dealkylation sites (N-methyl/N-ethyl adjacent to an activating group) is 1. The number of nitrogens with zero attached hydrogens (tertiary/aromatic N) is 2. The summed E-state index contributed by atoms with van der Waals surface area (Å²) in [7, 11) is 3.31. The molecule has 23 heavy (non-hydrogen) atoms. The summed E-state index contributed by atoms with van der Waals surface area (Å²) < 4.78 is 6.22. The number of hydrogen-bond acceptors (Lipinski definition) is 4. The van der Waals surface area contributed by atoms with Gasteiger partial charge in [-0.25, -0.2) is 4.98 Å². The minimum Gasteiger partial charge on any atom is -0.484 e. The van der Waals surface area contributed by atoms with Crippen molar-refractivity contribution < 1.29 is 14.3 Å². The van der Waals surface area contributed by atoms with Gasteiger partial charge in [0, 0.05) is 30.3 Å². The Bertz CT molecular complexity index is 702. The zero-order chi connectivity index (χ0) is 16.8. The SMILES string of the molecule is CN(C)C(=O)COc1cccc(C(=O)Nc2ccc(Br)cn2)c1. The predicted molar refractivity (Wildman–Crippen MR) is 90.5 cm³/mol. The number of aromatic nitrogens is 1. The molecule has 0 radical (unpaired) electrons. The van der Waals surface area contributed by atoms with Crippen molar-refractivity contribution in [3.63, 3.8) is 0 Å². The predicted octanol–water partition coefficient (Wildman–Crippen LogP) is 2.56. The summed E-state index contributed by atoms with van der Waals surface area (Å²) in [4.78, 5) is 29.2. The van der Waals surface area contributed by atoms with Crippen LogP contribution in [0.5, 0.6) is 5.75 Å². The van der Waals surface area contributed by atoms with Gasteiger partial charge in [-0.15, -0.1) is 0 Å². The van der Waals surface area contributed by atoms with E-state index in [0.29, 0.717) is 17.1 Å². The van der Waals surface area contributed by atoms with Gasteiger partial charge in [0.2, 0.25) is 0 Å². The molecule has 7 heteroatoms. The third-order valence-corrected chi connectivity index (χ3v) is 3.40. The Morgan fingerprint density at radius 2 is 2.04 bits per heavy atom. The quantitative estimate of drug-likeness (QED) is 0.868. The second kappa shape index (κ2) is 7.73. The van der Waals surface area contributed by atoms with Crippen molar-refractivity contribution in [1.29, 1.82) is 0 Å². The van der Waals surface area contributed by atoms with Gasteiger partial charge in [-0.3, -0.25) is 9.59 Å². The molecular weight excluding hydrogens is 362 g/mol. The number of anilines is 1. The van der Waals surface area contributed by atoms with E-state index in [-0.39, 0.29) is 18.4 Å². The van der Waals surface area contributed by atoms with Crippen LogP contribution >= 0.6 is 15.9 Å². The number of nitrogens with one attached hydrogen (secondary N) is 1. The summed E-state index contributed by atoms with van der Waals surface area (Å²) in [5, 5.41) is 2.69. The number of carbonyl (C=O) groups is 2. The first-order chi connectivity index (χ1) is 11.0. The molecular formula is C16H16BrN3O3. The lowest BCUT2D eigenvalue weighted by Gasteiger charge is -2.12. The highest BCUT2D eigenvalue weighted by Crippen LogP contribution is 2.16. The monoisotopic (exact) mass is 377 g/mol. The Balaban J connectivity index is 2.02. The first-order valence-corrected chi connectivity index (χ1v) is 7.61. The summed E-state index contributed by atoms with van der Waals surface area (Å²) in [5.74, 6) is 0.451. The highest BCUT2D eigenvalue weighted by Gasteiger charge is 2.09. The maximum Gasteiger partial charge on any atom is 0.259 e. The topological polar surface area (TPSA) is 71.5 Å². The number of benzene rings is 1. The maximum atomic E-state index is 12.2. The van der Waals surface area contributed by atoms with Crippen LogP contribution in [0.3, 0.4) is 0 Å². The minimum absolute atomic E-state index is 0.0770. The van der Waals surface area contributed by atoms with Crippen LogP contribution < -0.4 is 10.1 Å². The van der Waals surface area contributed by atoms with E-state index >= 15 is 0 Å². The fourth-order valence-electron chi connectivity index (χ4n) is 1.64. The van der Waals surface area contributed by atoms with E-state index in [9.17, 15) is 9.59 Å². The van der Waals surface area contributed by atoms with Crippen LogP contribution in [0.25, 0.3) is 0 Å². The van der Waals surface area contributed by atoms with Crippen LogP contribution in [0.4, 0.5) is 5.82 Å². The Labute approximate surface area is 142 Å². The lowest BCUT2D eigenvalue weighted by Crippen LogP contribution is -2.27. The molecule has 2 amide bonds. The molecule has 6 nitrogen and oxygen atoms in total. The first kappa shape index (κ1) is 17.0. The molecule has 120 valence electrons. The average Bonchev–Trinajstić information content (AvgIpc) is 2.54. The second-order valence-corrected chi connectivity index (χ2v) is 5.84. The Kier molecular flexibility index (Phi) is 5.70. The number of rotatable bonds is 5. The van der Waals surface area contributed by atoms with Gasteiger partial charge in [-0.2, -0.15) is 0 Å². The number of amides is 2. The number of pyridine rings is 1. The van der Waals surface area contributed by atoms with Gasteiger partial charge < -0.3 is 15.0 Å². The molecule has 1 aromatic heterocycles. The first-order valence-electron chi connectivity index (χ1n) is 6.81. The summed E-state index contributed by atoms with van der Waals surface area (Å²) in [6.45, 7) is -0.0770. The van der Waals surface area contributed by atoms with Gasteiger partial charge in [-0.05, 0) is 46.3 Å². The molecule has 1 heterocycles. The smallest absolute Gasteiger partial charge is 0.259 e. The third kappa shape index (κ3) is 5.07. The van der Waals surface area contributed by atoms with E-state index in [1.165, 1.54) is 4.90 Å². The molecule has 0 bridgehead atoms. The number of halogens is 1. The number of hydrogen-bond donors (Lipinski definition) is 1. The molecule has 1 N–H and O–H groups in total. The normalized spacial score (nSPS) is 10.0. The van der Waals surface area contributed by atoms with Crippen molar-refractivity contribution >= 4 is 33.6 Å². The molecule has 2 aromatic rings. The van der Waals surface area contributed by atoms with E-state index in [4.69, 9.17) is 4.74 Å². The van der Waals surface area contributed by atoms with Gasteiger partial charge in [0.25, 0.3) is 11.8 Å². The van der Waals surface area contributed by atoms with Crippen molar-refractivity contribution in [2.24, 2.45) is 0 Å². The molecule has 1 aromatic carbocycles. The van der Waals surface area contributed by atoms with Gasteiger partial charge in [0.15, 0.2) is 6.61 Å². The molecule has 0 saturated carbocycles. The molecule has 0 unspecified atom stereocenters. The van der Waals surface area contributed by atoms with Crippen LogP contribution in [0.1, 0.15) is 10.4 Å². The number of ether oxygens (including phenoxy) is 1. The maximum absolute atomic E-state index is 12.2. The standard InChI is InChI=1S/C16H16BrN3O3/c1-20(2)15(21)10-23-13-5-3-4-11(8-13)16(22)19-14-7-6-12(17)9-18-14/h3-9H,10H2,1-2H3,(H,18,19,22). The fraction of sp³-hybridized carbons (Fsp3) is 0.188. The largest absolute Gasteiger partial charge is 0.484 e. The molecule has 0 aliphatic carbocycles. The van der Waals surface area contributed by atoms with Crippen LogP contribution in [0.15, 0.2) is 47.1 Å². The Morgan fingerprint density at radius 3 is 2.70 bits per heavy atom. The second-order valence-electron chi connectivity index (χ2n) is 4.92. The van der Waals surface area contributed by atoms with Crippen molar-refractivity contribution in [2.75, 3.05) is 26.0 Å². The van der Waals surface area contributed by atoms with Crippen molar-refractivity contribution in [1.82, 2.24) is 9.88 Å². The average molecular weight is 378 g/mol. The minimum atomic E-state index is -0.302. The lowest BCUT2D eigenvalue weighted by atomic mass is 10.2. The zero-order valence-electron chi connectivity index (χ0n) is 12.7. The molecule has 0 aliphatic rings. The van der Waals surface area contributed by atoms with Crippen LogP contribution in [0, 0.1) is 0 Å².